The Labute approximate surface area is 183 Å². The second kappa shape index (κ2) is 9.57. The van der Waals surface area contributed by atoms with Crippen LogP contribution in [-0.4, -0.2) is 19.4 Å². The summed E-state index contributed by atoms with van der Waals surface area (Å²) in [5.74, 6) is -0.0358. The molecule has 8 heteroatoms. The molecule has 0 bridgehead atoms. The molecule has 160 valence electrons. The Kier molecular flexibility index (Phi) is 7.10. The van der Waals surface area contributed by atoms with Crippen molar-refractivity contribution in [3.05, 3.63) is 53.6 Å². The van der Waals surface area contributed by atoms with E-state index in [0.29, 0.717) is 11.4 Å². The predicted octanol–water partition coefficient (Wildman–Crippen LogP) is 4.50. The molecule has 6 nitrogen and oxygen atoms in total. The highest BCUT2D eigenvalue weighted by atomic mass is 32.2. The van der Waals surface area contributed by atoms with Crippen molar-refractivity contribution in [3.63, 3.8) is 0 Å². The summed E-state index contributed by atoms with van der Waals surface area (Å²) in [6, 6.07) is 11.8. The van der Waals surface area contributed by atoms with Gasteiger partial charge in [0.15, 0.2) is 5.11 Å². The number of carbonyl (C=O) groups excluding carboxylic acids is 1. The van der Waals surface area contributed by atoms with E-state index in [-0.39, 0.29) is 21.8 Å². The Morgan fingerprint density at radius 2 is 1.67 bits per heavy atom. The fourth-order valence-electron chi connectivity index (χ4n) is 3.59. The number of aryl methyl sites for hydroxylation is 2. The molecular formula is C22H27N3O3S2. The first-order chi connectivity index (χ1) is 14.2. The van der Waals surface area contributed by atoms with Crippen molar-refractivity contribution in [2.75, 3.05) is 10.0 Å². The fraction of sp³-hybridized carbons (Fsp3) is 0.364. The molecule has 2 aromatic rings. The molecule has 3 N–H and O–H groups in total. The van der Waals surface area contributed by atoms with E-state index in [1.54, 1.807) is 18.2 Å². The zero-order valence-electron chi connectivity index (χ0n) is 17.2. The van der Waals surface area contributed by atoms with Gasteiger partial charge in [0.2, 0.25) is 5.91 Å². The quantitative estimate of drug-likeness (QED) is 0.590. The van der Waals surface area contributed by atoms with Gasteiger partial charge in [-0.2, -0.15) is 0 Å². The van der Waals surface area contributed by atoms with Gasteiger partial charge in [-0.1, -0.05) is 37.0 Å². The summed E-state index contributed by atoms with van der Waals surface area (Å²) in [7, 11) is -3.71. The van der Waals surface area contributed by atoms with Gasteiger partial charge in [0.1, 0.15) is 0 Å². The highest BCUT2D eigenvalue weighted by Gasteiger charge is 2.22. The van der Waals surface area contributed by atoms with E-state index >= 15 is 0 Å². The van der Waals surface area contributed by atoms with Crippen molar-refractivity contribution in [1.82, 2.24) is 5.32 Å². The lowest BCUT2D eigenvalue weighted by atomic mass is 9.89. The number of hydrogen-bond acceptors (Lipinski definition) is 4. The number of sulfonamides is 1. The maximum absolute atomic E-state index is 12.7. The summed E-state index contributed by atoms with van der Waals surface area (Å²) in [5, 5.41) is 5.89. The minimum absolute atomic E-state index is 0.0160. The minimum atomic E-state index is -3.71. The van der Waals surface area contributed by atoms with Crippen LogP contribution in [0.2, 0.25) is 0 Å². The lowest BCUT2D eigenvalue weighted by Crippen LogP contribution is -2.38. The lowest BCUT2D eigenvalue weighted by molar-refractivity contribution is -0.124. The van der Waals surface area contributed by atoms with E-state index in [4.69, 9.17) is 12.2 Å². The predicted molar refractivity (Wildman–Crippen MR) is 124 cm³/mol. The SMILES string of the molecule is Cc1ccc(NS(=O)(=O)c2ccc(NC(=S)NC(=O)C3CCCCC3)cc2)c(C)c1. The van der Waals surface area contributed by atoms with Crippen LogP contribution >= 0.6 is 12.2 Å². The van der Waals surface area contributed by atoms with Crippen molar-refractivity contribution in [3.8, 4) is 0 Å². The summed E-state index contributed by atoms with van der Waals surface area (Å²) in [6.45, 7) is 3.82. The molecule has 2 aromatic carbocycles. The molecule has 0 unspecified atom stereocenters. The standard InChI is InChI=1S/C22H27N3O3S2/c1-15-8-13-20(16(2)14-15)25-30(27,28)19-11-9-18(10-12-19)23-22(29)24-21(26)17-6-4-3-5-7-17/h8-14,17,25H,3-7H2,1-2H3,(H2,23,24,26,29). The van der Waals surface area contributed by atoms with Crippen LogP contribution in [0, 0.1) is 19.8 Å². The largest absolute Gasteiger partial charge is 0.332 e. The number of rotatable bonds is 5. The summed E-state index contributed by atoms with van der Waals surface area (Å²) in [4.78, 5) is 12.4. The molecule has 0 aliphatic heterocycles. The number of nitrogens with one attached hydrogen (secondary N) is 3. The Morgan fingerprint density at radius 1 is 1.00 bits per heavy atom. The van der Waals surface area contributed by atoms with Crippen LogP contribution in [0.15, 0.2) is 47.4 Å². The van der Waals surface area contributed by atoms with Gasteiger partial charge in [0.25, 0.3) is 10.0 Å². The van der Waals surface area contributed by atoms with Crippen molar-refractivity contribution in [2.24, 2.45) is 5.92 Å². The van der Waals surface area contributed by atoms with E-state index in [1.165, 1.54) is 18.6 Å². The zero-order valence-corrected chi connectivity index (χ0v) is 18.8. The van der Waals surface area contributed by atoms with E-state index < -0.39 is 10.0 Å². The van der Waals surface area contributed by atoms with E-state index in [1.807, 2.05) is 26.0 Å². The van der Waals surface area contributed by atoms with E-state index in [9.17, 15) is 13.2 Å². The van der Waals surface area contributed by atoms with Crippen LogP contribution < -0.4 is 15.4 Å². The van der Waals surface area contributed by atoms with Crippen LogP contribution in [0.1, 0.15) is 43.2 Å². The Hall–Kier alpha value is -2.45. The molecule has 1 aliphatic carbocycles. The first kappa shape index (κ1) is 22.2. The first-order valence-corrected chi connectivity index (χ1v) is 12.0. The smallest absolute Gasteiger partial charge is 0.261 e. The molecule has 1 fully saturated rings. The van der Waals surface area contributed by atoms with Gasteiger partial charge in [-0.05, 0) is 74.8 Å². The minimum Gasteiger partial charge on any atom is -0.332 e. The Morgan fingerprint density at radius 3 is 2.30 bits per heavy atom. The molecule has 0 radical (unpaired) electrons. The van der Waals surface area contributed by atoms with Gasteiger partial charge >= 0.3 is 0 Å². The number of thiocarbonyl (C=S) groups is 1. The topological polar surface area (TPSA) is 87.3 Å². The van der Waals surface area contributed by atoms with Crippen LogP contribution in [0.5, 0.6) is 0 Å². The molecule has 3 rings (SSSR count). The number of hydrogen-bond donors (Lipinski definition) is 3. The van der Waals surface area contributed by atoms with Crippen molar-refractivity contribution >= 4 is 44.6 Å². The second-order valence-corrected chi connectivity index (χ2v) is 9.82. The number of amides is 1. The molecule has 1 amide bonds. The van der Waals surface area contributed by atoms with Crippen molar-refractivity contribution < 1.29 is 13.2 Å². The van der Waals surface area contributed by atoms with Crippen LogP contribution in [0.4, 0.5) is 11.4 Å². The normalized spacial score (nSPS) is 14.7. The molecule has 0 heterocycles. The highest BCUT2D eigenvalue weighted by Crippen LogP contribution is 2.24. The molecule has 30 heavy (non-hydrogen) atoms. The van der Waals surface area contributed by atoms with Gasteiger partial charge in [-0.15, -0.1) is 0 Å². The lowest BCUT2D eigenvalue weighted by Gasteiger charge is -2.21. The van der Waals surface area contributed by atoms with E-state index in [2.05, 4.69) is 15.4 Å². The summed E-state index contributed by atoms with van der Waals surface area (Å²) in [6.07, 6.45) is 5.12. The Bertz CT molecular complexity index is 1030. The number of anilines is 2. The monoisotopic (exact) mass is 445 g/mol. The van der Waals surface area contributed by atoms with Crippen LogP contribution in [0.25, 0.3) is 0 Å². The second-order valence-electron chi connectivity index (χ2n) is 7.73. The number of benzene rings is 2. The van der Waals surface area contributed by atoms with Crippen LogP contribution in [0.3, 0.4) is 0 Å². The summed E-state index contributed by atoms with van der Waals surface area (Å²) >= 11 is 5.23. The third-order valence-corrected chi connectivity index (χ3v) is 6.85. The third kappa shape index (κ3) is 5.79. The molecule has 0 spiro atoms. The molecule has 0 aromatic heterocycles. The van der Waals surface area contributed by atoms with Gasteiger partial charge in [-0.3, -0.25) is 9.52 Å². The van der Waals surface area contributed by atoms with Crippen molar-refractivity contribution in [2.45, 2.75) is 50.8 Å². The van der Waals surface area contributed by atoms with Gasteiger partial charge in [-0.25, -0.2) is 8.42 Å². The highest BCUT2D eigenvalue weighted by molar-refractivity contribution is 7.92. The molecule has 1 saturated carbocycles. The van der Waals surface area contributed by atoms with Gasteiger partial charge < -0.3 is 10.6 Å². The van der Waals surface area contributed by atoms with Crippen molar-refractivity contribution in [1.29, 1.82) is 0 Å². The zero-order chi connectivity index (χ0) is 21.7. The van der Waals surface area contributed by atoms with E-state index in [0.717, 1.165) is 36.8 Å². The average Bonchev–Trinajstić information content (AvgIpc) is 2.71. The van der Waals surface area contributed by atoms with Gasteiger partial charge in [0.05, 0.1) is 10.6 Å². The Balaban J connectivity index is 1.60. The first-order valence-electron chi connectivity index (χ1n) is 10.1. The number of carbonyl (C=O) groups is 1. The molecule has 0 atom stereocenters. The third-order valence-electron chi connectivity index (χ3n) is 5.26. The molecule has 0 saturated heterocycles. The van der Waals surface area contributed by atoms with Crippen LogP contribution in [-0.2, 0) is 14.8 Å². The van der Waals surface area contributed by atoms with Gasteiger partial charge in [0, 0.05) is 11.6 Å². The summed E-state index contributed by atoms with van der Waals surface area (Å²) in [5.41, 5.74) is 3.08. The maximum atomic E-state index is 12.7. The fourth-order valence-corrected chi connectivity index (χ4v) is 4.94. The molecular weight excluding hydrogens is 418 g/mol. The average molecular weight is 446 g/mol. The molecule has 1 aliphatic rings. The maximum Gasteiger partial charge on any atom is 0.261 e. The summed E-state index contributed by atoms with van der Waals surface area (Å²) < 4.78 is 28.0.